The Morgan fingerprint density at radius 3 is 2.50 bits per heavy atom. The summed E-state index contributed by atoms with van der Waals surface area (Å²) in [6.45, 7) is 4.92. The predicted octanol–water partition coefficient (Wildman–Crippen LogP) is 4.65. The van der Waals surface area contributed by atoms with Crippen LogP contribution < -0.4 is 10.5 Å². The molecule has 20 heavy (non-hydrogen) atoms. The Kier molecular flexibility index (Phi) is 4.92. The van der Waals surface area contributed by atoms with Gasteiger partial charge in [-0.2, -0.15) is 0 Å². The third-order valence-electron chi connectivity index (χ3n) is 3.18. The van der Waals surface area contributed by atoms with Gasteiger partial charge >= 0.3 is 0 Å². The van der Waals surface area contributed by atoms with Gasteiger partial charge in [0.15, 0.2) is 0 Å². The van der Waals surface area contributed by atoms with Crippen LogP contribution in [0.25, 0.3) is 0 Å². The van der Waals surface area contributed by atoms with Crippen molar-refractivity contribution in [2.45, 2.75) is 27.0 Å². The summed E-state index contributed by atoms with van der Waals surface area (Å²) in [5.41, 5.74) is 10.1. The average molecular weight is 310 g/mol. The fourth-order valence-electron chi connectivity index (χ4n) is 2.03. The van der Waals surface area contributed by atoms with Crippen LogP contribution in [0.15, 0.2) is 30.3 Å². The van der Waals surface area contributed by atoms with Crippen molar-refractivity contribution in [2.24, 2.45) is 5.73 Å². The zero-order valence-corrected chi connectivity index (χ0v) is 13.1. The van der Waals surface area contributed by atoms with E-state index in [1.165, 1.54) is 11.1 Å². The number of aryl methyl sites for hydroxylation is 2. The molecule has 0 heterocycles. The molecular formula is C16H17Cl2NO. The number of nitrogens with two attached hydrogens (primary N) is 1. The molecule has 2 nitrogen and oxygen atoms in total. The number of hydrogen-bond acceptors (Lipinski definition) is 2. The Morgan fingerprint density at radius 1 is 1.05 bits per heavy atom. The minimum Gasteiger partial charge on any atom is -0.487 e. The van der Waals surface area contributed by atoms with Crippen molar-refractivity contribution in [3.05, 3.63) is 62.6 Å². The number of hydrogen-bond donors (Lipinski definition) is 1. The fraction of sp³-hybridized carbons (Fsp3) is 0.250. The van der Waals surface area contributed by atoms with Gasteiger partial charge in [0, 0.05) is 17.1 Å². The van der Waals surface area contributed by atoms with Gasteiger partial charge < -0.3 is 10.5 Å². The molecule has 0 spiro atoms. The van der Waals surface area contributed by atoms with Crippen molar-refractivity contribution in [1.82, 2.24) is 0 Å². The predicted molar refractivity (Wildman–Crippen MR) is 84.6 cm³/mol. The standard InChI is InChI=1S/C16H17Cl2NO/c1-10-3-4-11(2)13(5-10)9-20-16-12(8-19)6-14(17)7-15(16)18/h3-7H,8-9,19H2,1-2H3. The molecule has 2 aromatic rings. The van der Waals surface area contributed by atoms with Crippen molar-refractivity contribution < 1.29 is 4.74 Å². The zero-order valence-electron chi connectivity index (χ0n) is 11.5. The van der Waals surface area contributed by atoms with Crippen molar-refractivity contribution in [2.75, 3.05) is 0 Å². The number of halogens is 2. The second-order valence-electron chi connectivity index (χ2n) is 4.80. The second-order valence-corrected chi connectivity index (χ2v) is 5.64. The van der Waals surface area contributed by atoms with Crippen molar-refractivity contribution in [3.63, 3.8) is 0 Å². The number of ether oxygens (including phenoxy) is 1. The summed E-state index contributed by atoms with van der Waals surface area (Å²) in [5, 5.41) is 1.05. The normalized spacial score (nSPS) is 10.7. The topological polar surface area (TPSA) is 35.2 Å². The van der Waals surface area contributed by atoms with E-state index in [0.717, 1.165) is 11.1 Å². The molecule has 0 saturated heterocycles. The summed E-state index contributed by atoms with van der Waals surface area (Å²) in [7, 11) is 0. The molecule has 2 N–H and O–H groups in total. The van der Waals surface area contributed by atoms with Gasteiger partial charge in [-0.1, -0.05) is 47.0 Å². The Labute approximate surface area is 129 Å². The van der Waals surface area contributed by atoms with Crippen molar-refractivity contribution in [3.8, 4) is 5.75 Å². The highest BCUT2D eigenvalue weighted by Gasteiger charge is 2.10. The zero-order chi connectivity index (χ0) is 14.7. The minimum absolute atomic E-state index is 0.336. The largest absolute Gasteiger partial charge is 0.487 e. The van der Waals surface area contributed by atoms with Crippen LogP contribution in [0.2, 0.25) is 10.0 Å². The highest BCUT2D eigenvalue weighted by atomic mass is 35.5. The van der Waals surface area contributed by atoms with Crippen LogP contribution in [0.3, 0.4) is 0 Å². The van der Waals surface area contributed by atoms with Gasteiger partial charge in [0.2, 0.25) is 0 Å². The van der Waals surface area contributed by atoms with Crippen LogP contribution >= 0.6 is 23.2 Å². The monoisotopic (exact) mass is 309 g/mol. The van der Waals surface area contributed by atoms with Crippen LogP contribution in [-0.2, 0) is 13.2 Å². The molecule has 0 bridgehead atoms. The molecule has 0 fully saturated rings. The highest BCUT2D eigenvalue weighted by molar-refractivity contribution is 6.35. The molecule has 106 valence electrons. The quantitative estimate of drug-likeness (QED) is 0.892. The van der Waals surface area contributed by atoms with Crippen LogP contribution in [0, 0.1) is 13.8 Å². The van der Waals surface area contributed by atoms with E-state index in [9.17, 15) is 0 Å². The maximum Gasteiger partial charge on any atom is 0.142 e. The molecule has 2 aromatic carbocycles. The number of benzene rings is 2. The Hall–Kier alpha value is -1.22. The van der Waals surface area contributed by atoms with Crippen LogP contribution in [-0.4, -0.2) is 0 Å². The van der Waals surface area contributed by atoms with Crippen molar-refractivity contribution in [1.29, 1.82) is 0 Å². The third kappa shape index (κ3) is 3.45. The van der Waals surface area contributed by atoms with Gasteiger partial charge in [0.05, 0.1) is 5.02 Å². The Bertz CT molecular complexity index is 626. The summed E-state index contributed by atoms with van der Waals surface area (Å²) in [6.07, 6.45) is 0. The smallest absolute Gasteiger partial charge is 0.142 e. The lowest BCUT2D eigenvalue weighted by atomic mass is 10.1. The fourth-order valence-corrected chi connectivity index (χ4v) is 2.62. The molecule has 0 radical (unpaired) electrons. The molecule has 0 aliphatic carbocycles. The van der Waals surface area contributed by atoms with E-state index < -0.39 is 0 Å². The van der Waals surface area contributed by atoms with Gasteiger partial charge in [-0.05, 0) is 37.1 Å². The van der Waals surface area contributed by atoms with Crippen LogP contribution in [0.4, 0.5) is 0 Å². The van der Waals surface area contributed by atoms with E-state index in [4.69, 9.17) is 33.7 Å². The summed E-state index contributed by atoms with van der Waals surface area (Å²) in [4.78, 5) is 0. The van der Waals surface area contributed by atoms with E-state index in [0.29, 0.717) is 28.9 Å². The SMILES string of the molecule is Cc1ccc(C)c(COc2c(Cl)cc(Cl)cc2CN)c1. The molecule has 0 unspecified atom stereocenters. The molecule has 0 aliphatic heterocycles. The van der Waals surface area contributed by atoms with E-state index in [1.807, 2.05) is 0 Å². The van der Waals surface area contributed by atoms with Gasteiger partial charge in [-0.15, -0.1) is 0 Å². The third-order valence-corrected chi connectivity index (χ3v) is 3.68. The average Bonchev–Trinajstić information content (AvgIpc) is 2.40. The molecule has 0 saturated carbocycles. The molecule has 0 atom stereocenters. The maximum absolute atomic E-state index is 6.19. The molecule has 0 amide bonds. The first-order chi connectivity index (χ1) is 9.51. The van der Waals surface area contributed by atoms with Crippen molar-refractivity contribution >= 4 is 23.2 Å². The lowest BCUT2D eigenvalue weighted by Crippen LogP contribution is -2.04. The molecule has 0 aliphatic rings. The summed E-state index contributed by atoms with van der Waals surface area (Å²) in [6, 6.07) is 9.73. The van der Waals surface area contributed by atoms with E-state index in [1.54, 1.807) is 12.1 Å². The molecular weight excluding hydrogens is 293 g/mol. The van der Waals surface area contributed by atoms with E-state index >= 15 is 0 Å². The summed E-state index contributed by atoms with van der Waals surface area (Å²) in [5.74, 6) is 0.611. The first-order valence-electron chi connectivity index (χ1n) is 6.38. The van der Waals surface area contributed by atoms with E-state index in [-0.39, 0.29) is 0 Å². The maximum atomic E-state index is 6.19. The molecule has 4 heteroatoms. The number of rotatable bonds is 4. The summed E-state index contributed by atoms with van der Waals surface area (Å²) < 4.78 is 5.87. The molecule has 2 rings (SSSR count). The summed E-state index contributed by atoms with van der Waals surface area (Å²) >= 11 is 12.2. The van der Waals surface area contributed by atoms with Gasteiger partial charge in [-0.3, -0.25) is 0 Å². The first kappa shape index (κ1) is 15.2. The van der Waals surface area contributed by atoms with Gasteiger partial charge in [-0.25, -0.2) is 0 Å². The lowest BCUT2D eigenvalue weighted by Gasteiger charge is -2.14. The van der Waals surface area contributed by atoms with E-state index in [2.05, 4.69) is 32.0 Å². The second kappa shape index (κ2) is 6.49. The molecule has 0 aromatic heterocycles. The minimum atomic E-state index is 0.336. The lowest BCUT2D eigenvalue weighted by molar-refractivity contribution is 0.302. The Balaban J connectivity index is 2.25. The highest BCUT2D eigenvalue weighted by Crippen LogP contribution is 2.33. The Morgan fingerprint density at radius 2 is 1.80 bits per heavy atom. The van der Waals surface area contributed by atoms with Gasteiger partial charge in [0.25, 0.3) is 0 Å². The van der Waals surface area contributed by atoms with Crippen LogP contribution in [0.1, 0.15) is 22.3 Å². The van der Waals surface area contributed by atoms with Crippen LogP contribution in [0.5, 0.6) is 5.75 Å². The van der Waals surface area contributed by atoms with Gasteiger partial charge in [0.1, 0.15) is 12.4 Å². The first-order valence-corrected chi connectivity index (χ1v) is 7.13.